The van der Waals surface area contributed by atoms with Gasteiger partial charge in [0.05, 0.1) is 5.69 Å². The molecular formula is C16H25NO3. The lowest BCUT2D eigenvalue weighted by Crippen LogP contribution is -2.36. The Morgan fingerprint density at radius 3 is 2.05 bits per heavy atom. The highest BCUT2D eigenvalue weighted by atomic mass is 16.5. The summed E-state index contributed by atoms with van der Waals surface area (Å²) in [6.07, 6.45) is 0. The third-order valence-corrected chi connectivity index (χ3v) is 3.31. The van der Waals surface area contributed by atoms with Crippen LogP contribution in [0.3, 0.4) is 0 Å². The molecule has 4 nitrogen and oxygen atoms in total. The number of ether oxygens (including phenoxy) is 1. The number of anilines is 1. The summed E-state index contributed by atoms with van der Waals surface area (Å²) in [6.45, 7) is 8.00. The molecule has 0 spiro atoms. The lowest BCUT2D eigenvalue weighted by Gasteiger charge is -2.29. The first-order valence-corrected chi connectivity index (χ1v) is 6.97. The molecule has 0 fully saturated rings. The fraction of sp³-hybridized carbons (Fsp3) is 0.562. The van der Waals surface area contributed by atoms with E-state index in [-0.39, 0.29) is 24.5 Å². The van der Waals surface area contributed by atoms with Crippen LogP contribution in [0.4, 0.5) is 5.69 Å². The zero-order valence-electron chi connectivity index (χ0n) is 13.0. The summed E-state index contributed by atoms with van der Waals surface area (Å²) in [6, 6.07) is 6.07. The first-order chi connectivity index (χ1) is 9.43. The van der Waals surface area contributed by atoms with E-state index in [9.17, 15) is 9.90 Å². The van der Waals surface area contributed by atoms with Crippen LogP contribution in [0.25, 0.3) is 0 Å². The van der Waals surface area contributed by atoms with Crippen LogP contribution in [-0.2, 0) is 9.53 Å². The van der Waals surface area contributed by atoms with E-state index in [0.717, 1.165) is 16.8 Å². The summed E-state index contributed by atoms with van der Waals surface area (Å²) in [4.78, 5) is 13.6. The fourth-order valence-electron chi connectivity index (χ4n) is 2.30. The zero-order valence-corrected chi connectivity index (χ0v) is 13.0. The quantitative estimate of drug-likeness (QED) is 0.815. The second-order valence-corrected chi connectivity index (χ2v) is 5.49. The molecule has 1 amide bonds. The lowest BCUT2D eigenvalue weighted by atomic mass is 9.92. The highest BCUT2D eigenvalue weighted by Gasteiger charge is 2.23. The van der Waals surface area contributed by atoms with E-state index in [1.165, 1.54) is 4.90 Å². The van der Waals surface area contributed by atoms with Crippen LogP contribution in [0.1, 0.15) is 50.7 Å². The Hall–Kier alpha value is -1.39. The van der Waals surface area contributed by atoms with E-state index >= 15 is 0 Å². The number of aliphatic hydroxyl groups excluding tert-OH is 1. The third-order valence-electron chi connectivity index (χ3n) is 3.31. The first-order valence-electron chi connectivity index (χ1n) is 6.97. The van der Waals surface area contributed by atoms with Gasteiger partial charge in [0, 0.05) is 7.11 Å². The number of methoxy groups -OCH3 is 1. The van der Waals surface area contributed by atoms with Crippen molar-refractivity contribution < 1.29 is 14.6 Å². The number of nitrogens with zero attached hydrogens (tertiary/aromatic N) is 1. The molecule has 0 aliphatic heterocycles. The molecule has 0 aromatic heterocycles. The molecule has 0 atom stereocenters. The van der Waals surface area contributed by atoms with Gasteiger partial charge in [-0.1, -0.05) is 45.9 Å². The Kier molecular flexibility index (Phi) is 6.17. The second kappa shape index (κ2) is 7.41. The van der Waals surface area contributed by atoms with Crippen LogP contribution in [0.15, 0.2) is 18.2 Å². The monoisotopic (exact) mass is 279 g/mol. The number of hydrogen-bond donors (Lipinski definition) is 1. The molecule has 0 saturated heterocycles. The molecular weight excluding hydrogens is 254 g/mol. The predicted octanol–water partition coefficient (Wildman–Crippen LogP) is 2.86. The number of amides is 1. The Balaban J connectivity index is 3.46. The van der Waals surface area contributed by atoms with Gasteiger partial charge in [-0.15, -0.1) is 0 Å². The summed E-state index contributed by atoms with van der Waals surface area (Å²) < 4.78 is 5.14. The summed E-state index contributed by atoms with van der Waals surface area (Å²) in [5, 5.41) is 9.21. The van der Waals surface area contributed by atoms with Gasteiger partial charge in [0.25, 0.3) is 5.91 Å². The van der Waals surface area contributed by atoms with Crippen LogP contribution in [-0.4, -0.2) is 31.5 Å². The largest absolute Gasteiger partial charge is 0.387 e. The summed E-state index contributed by atoms with van der Waals surface area (Å²) in [5.41, 5.74) is 3.06. The van der Waals surface area contributed by atoms with Gasteiger partial charge in [-0.25, -0.2) is 0 Å². The van der Waals surface area contributed by atoms with E-state index in [2.05, 4.69) is 27.7 Å². The molecule has 0 unspecified atom stereocenters. The number of aliphatic hydroxyl groups is 1. The van der Waals surface area contributed by atoms with E-state index in [1.54, 1.807) is 7.11 Å². The van der Waals surface area contributed by atoms with Crippen LogP contribution < -0.4 is 4.90 Å². The van der Waals surface area contributed by atoms with Crippen molar-refractivity contribution in [2.24, 2.45) is 0 Å². The SMILES string of the molecule is COCN(C(=O)CO)c1c(C(C)C)cccc1C(C)C. The average molecular weight is 279 g/mol. The minimum absolute atomic E-state index is 0.142. The molecule has 112 valence electrons. The van der Waals surface area contributed by atoms with Crippen molar-refractivity contribution in [2.75, 3.05) is 25.3 Å². The minimum atomic E-state index is -0.521. The van der Waals surface area contributed by atoms with Crippen molar-refractivity contribution in [1.29, 1.82) is 0 Å². The van der Waals surface area contributed by atoms with Gasteiger partial charge in [-0.2, -0.15) is 0 Å². The molecule has 0 aliphatic carbocycles. The van der Waals surface area contributed by atoms with Gasteiger partial charge in [0.1, 0.15) is 13.3 Å². The fourth-order valence-corrected chi connectivity index (χ4v) is 2.30. The molecule has 20 heavy (non-hydrogen) atoms. The number of rotatable bonds is 6. The van der Waals surface area contributed by atoms with Crippen molar-refractivity contribution >= 4 is 11.6 Å². The topological polar surface area (TPSA) is 49.8 Å². The van der Waals surface area contributed by atoms with E-state index < -0.39 is 6.61 Å². The Labute approximate surface area is 121 Å². The molecule has 1 aromatic carbocycles. The van der Waals surface area contributed by atoms with Crippen molar-refractivity contribution in [3.05, 3.63) is 29.3 Å². The maximum absolute atomic E-state index is 12.0. The molecule has 0 radical (unpaired) electrons. The van der Waals surface area contributed by atoms with Crippen molar-refractivity contribution in [1.82, 2.24) is 0 Å². The highest BCUT2D eigenvalue weighted by Crippen LogP contribution is 2.35. The molecule has 0 aliphatic rings. The zero-order chi connectivity index (χ0) is 15.3. The van der Waals surface area contributed by atoms with E-state index in [1.807, 2.05) is 18.2 Å². The molecule has 0 heterocycles. The van der Waals surface area contributed by atoms with Crippen LogP contribution in [0.5, 0.6) is 0 Å². The third kappa shape index (κ3) is 3.58. The van der Waals surface area contributed by atoms with Gasteiger partial charge in [-0.05, 0) is 23.0 Å². The number of carbonyl (C=O) groups excluding carboxylic acids is 1. The molecule has 4 heteroatoms. The number of carbonyl (C=O) groups is 1. The maximum Gasteiger partial charge on any atom is 0.254 e. The Morgan fingerprint density at radius 1 is 1.20 bits per heavy atom. The van der Waals surface area contributed by atoms with E-state index in [4.69, 9.17) is 4.74 Å². The standard InChI is InChI=1S/C16H25NO3/c1-11(2)13-7-6-8-14(12(3)4)16(13)17(10-20-5)15(19)9-18/h6-8,11-12,18H,9-10H2,1-5H3. The van der Waals surface area contributed by atoms with Crippen molar-refractivity contribution in [3.8, 4) is 0 Å². The van der Waals surface area contributed by atoms with Crippen LogP contribution in [0.2, 0.25) is 0 Å². The number of para-hydroxylation sites is 1. The lowest BCUT2D eigenvalue weighted by molar-refractivity contribution is -0.122. The normalized spacial score (nSPS) is 11.2. The molecule has 1 rings (SSSR count). The number of hydrogen-bond acceptors (Lipinski definition) is 3. The summed E-state index contributed by atoms with van der Waals surface area (Å²) in [7, 11) is 1.55. The van der Waals surface area contributed by atoms with Crippen LogP contribution in [0, 0.1) is 0 Å². The first kappa shape index (κ1) is 16.7. The Morgan fingerprint density at radius 2 is 1.70 bits per heavy atom. The summed E-state index contributed by atoms with van der Waals surface area (Å²) >= 11 is 0. The van der Waals surface area contributed by atoms with Crippen molar-refractivity contribution in [2.45, 2.75) is 39.5 Å². The molecule has 0 saturated carbocycles. The van der Waals surface area contributed by atoms with Gasteiger partial charge in [0.2, 0.25) is 0 Å². The van der Waals surface area contributed by atoms with Crippen LogP contribution >= 0.6 is 0 Å². The van der Waals surface area contributed by atoms with Crippen molar-refractivity contribution in [3.63, 3.8) is 0 Å². The molecule has 1 aromatic rings. The molecule has 1 N–H and O–H groups in total. The van der Waals surface area contributed by atoms with Gasteiger partial charge in [-0.3, -0.25) is 9.69 Å². The second-order valence-electron chi connectivity index (χ2n) is 5.49. The van der Waals surface area contributed by atoms with E-state index in [0.29, 0.717) is 0 Å². The molecule has 0 bridgehead atoms. The maximum atomic E-state index is 12.0. The smallest absolute Gasteiger partial charge is 0.254 e. The Bertz CT molecular complexity index is 429. The predicted molar refractivity (Wildman–Crippen MR) is 81.1 cm³/mol. The summed E-state index contributed by atoms with van der Waals surface area (Å²) in [5.74, 6) is 0.228. The minimum Gasteiger partial charge on any atom is -0.387 e. The average Bonchev–Trinajstić information content (AvgIpc) is 2.43. The van der Waals surface area contributed by atoms with Gasteiger partial charge < -0.3 is 9.84 Å². The highest BCUT2D eigenvalue weighted by molar-refractivity contribution is 5.95. The van der Waals surface area contributed by atoms with Gasteiger partial charge >= 0.3 is 0 Å². The van der Waals surface area contributed by atoms with Gasteiger partial charge in [0.15, 0.2) is 0 Å². The number of benzene rings is 1.